The summed E-state index contributed by atoms with van der Waals surface area (Å²) in [6, 6.07) is 17.0. The maximum Gasteiger partial charge on any atom is 0.296 e. The summed E-state index contributed by atoms with van der Waals surface area (Å²) in [5, 5.41) is 75.7. The van der Waals surface area contributed by atoms with Gasteiger partial charge in [-0.15, -0.1) is 30.7 Å². The molecule has 354 valence electrons. The molecule has 0 atom stereocenters. The molecule has 0 unspecified atom stereocenters. The SMILES string of the molecule is Cc1c(N=Nc2cc3c(O)c(N=Nc4cc(OCCO)c(N=Nc5nc6ccc(S(=O)(=O)O)cc6s5)cc4OCCO)c(S(=O)(=O)O)cc3cc2S(=O)(=O)O)c(O)n2c(nc3ccccc32)c1C#N. The van der Waals surface area contributed by atoms with Crippen LogP contribution in [-0.4, -0.2) is 100 Å². The van der Waals surface area contributed by atoms with E-state index in [0.29, 0.717) is 21.3 Å². The van der Waals surface area contributed by atoms with Gasteiger partial charge in [0.05, 0.1) is 39.4 Å². The van der Waals surface area contributed by atoms with Crippen molar-refractivity contribution in [1.82, 2.24) is 14.4 Å². The van der Waals surface area contributed by atoms with Crippen molar-refractivity contribution in [3.05, 3.63) is 83.9 Å². The zero-order valence-corrected chi connectivity index (χ0v) is 38.0. The van der Waals surface area contributed by atoms with E-state index in [1.54, 1.807) is 24.3 Å². The molecule has 0 amide bonds. The summed E-state index contributed by atoms with van der Waals surface area (Å²) in [6.07, 6.45) is 0. The fourth-order valence-corrected chi connectivity index (χ4v) is 9.50. The molecule has 29 heteroatoms. The Morgan fingerprint density at radius 2 is 1.30 bits per heavy atom. The quantitative estimate of drug-likeness (QED) is 0.0384. The number of phenols is 1. The van der Waals surface area contributed by atoms with Crippen molar-refractivity contribution < 1.29 is 68.8 Å². The van der Waals surface area contributed by atoms with E-state index in [4.69, 9.17) is 9.47 Å². The predicted octanol–water partition coefficient (Wildman–Crippen LogP) is 7.57. The number of aromatic nitrogens is 3. The van der Waals surface area contributed by atoms with Crippen LogP contribution in [0.1, 0.15) is 11.1 Å². The van der Waals surface area contributed by atoms with Crippen molar-refractivity contribution >= 4 is 113 Å². The molecule has 0 radical (unpaired) electrons. The topological polar surface area (TPSA) is 391 Å². The van der Waals surface area contributed by atoms with Gasteiger partial charge in [0, 0.05) is 23.1 Å². The lowest BCUT2D eigenvalue weighted by Crippen LogP contribution is -2.04. The van der Waals surface area contributed by atoms with Gasteiger partial charge in [0.1, 0.15) is 68.9 Å². The molecule has 0 spiro atoms. The van der Waals surface area contributed by atoms with E-state index in [2.05, 4.69) is 40.7 Å². The maximum absolute atomic E-state index is 12.8. The van der Waals surface area contributed by atoms with Crippen LogP contribution in [0.3, 0.4) is 0 Å². The van der Waals surface area contributed by atoms with Crippen molar-refractivity contribution in [1.29, 1.82) is 5.26 Å². The first-order valence-electron chi connectivity index (χ1n) is 19.3. The number of fused-ring (bicyclic) bond motifs is 5. The Balaban J connectivity index is 1.25. The van der Waals surface area contributed by atoms with Crippen molar-refractivity contribution in [3.63, 3.8) is 0 Å². The summed E-state index contributed by atoms with van der Waals surface area (Å²) in [7, 11) is -15.1. The minimum Gasteiger partial charge on any atom is -0.505 e. The Bertz CT molecular complexity index is 3930. The fourth-order valence-electron chi connectivity index (χ4n) is 6.80. The van der Waals surface area contributed by atoms with Crippen LogP contribution in [-0.2, 0) is 30.4 Å². The standard InChI is InChI=1S/C40H30N10O15S4/c1-19-23(18-41)38-42-24-4-2-3-5-29(24)50(38)39(54)35(19)47-46-28-15-22-20(12-33(28)68(58,59)60)13-34(69(61,62)63)36(37(22)53)48-44-26-16-31(65-11-9-52)27(17-30(26)64-10-8-51)45-49-40-43-25-7-6-21(67(55,56)57)14-32(25)66-40/h2-7,12-17,51-54H,8-11H2,1H3,(H,55,56,57)(H,58,59,60)(H,61,62,63). The number of ether oxygens (including phenoxy) is 2. The Hall–Kier alpha value is -7.66. The van der Waals surface area contributed by atoms with Gasteiger partial charge in [-0.25, -0.2) is 9.97 Å². The predicted molar refractivity (Wildman–Crippen MR) is 243 cm³/mol. The molecule has 0 bridgehead atoms. The van der Waals surface area contributed by atoms with Gasteiger partial charge in [0.25, 0.3) is 30.4 Å². The summed E-state index contributed by atoms with van der Waals surface area (Å²) in [5.41, 5.74) is -0.979. The molecule has 7 N–H and O–H groups in total. The zero-order valence-electron chi connectivity index (χ0n) is 34.8. The van der Waals surface area contributed by atoms with Gasteiger partial charge in [-0.3, -0.25) is 18.1 Å². The third kappa shape index (κ3) is 9.46. The second-order valence-electron chi connectivity index (χ2n) is 14.2. The number of aromatic hydroxyl groups is 2. The molecule has 8 aromatic rings. The highest BCUT2D eigenvalue weighted by Crippen LogP contribution is 2.47. The minimum atomic E-state index is -5.33. The lowest BCUT2D eigenvalue weighted by molar-refractivity contribution is 0.198. The Kier molecular flexibility index (Phi) is 12.8. The number of nitrogens with zero attached hydrogens (tertiary/aromatic N) is 10. The molecular weight excluding hydrogens is 989 g/mol. The second kappa shape index (κ2) is 18.4. The van der Waals surface area contributed by atoms with Gasteiger partial charge in [0.2, 0.25) is 11.0 Å². The van der Waals surface area contributed by atoms with Gasteiger partial charge in [-0.1, -0.05) is 23.5 Å². The molecule has 5 aromatic carbocycles. The number of thiazole rings is 1. The smallest absolute Gasteiger partial charge is 0.296 e. The molecule has 0 aliphatic heterocycles. The molecule has 25 nitrogen and oxygen atoms in total. The number of phenolic OH excluding ortho intramolecular Hbond substituents is 1. The lowest BCUT2D eigenvalue weighted by Gasteiger charge is -2.13. The lowest BCUT2D eigenvalue weighted by atomic mass is 10.1. The van der Waals surface area contributed by atoms with E-state index in [0.717, 1.165) is 41.7 Å². The van der Waals surface area contributed by atoms with Crippen molar-refractivity contribution in [2.24, 2.45) is 30.7 Å². The summed E-state index contributed by atoms with van der Waals surface area (Å²) in [6.45, 7) is -0.255. The van der Waals surface area contributed by atoms with Crippen LogP contribution in [0.5, 0.6) is 23.1 Å². The summed E-state index contributed by atoms with van der Waals surface area (Å²) in [5.74, 6) is -1.91. The minimum absolute atomic E-state index is 0.0153. The fraction of sp³-hybridized carbons (Fsp3) is 0.125. The summed E-state index contributed by atoms with van der Waals surface area (Å²) < 4.78 is 117. The number of nitriles is 1. The first-order chi connectivity index (χ1) is 32.7. The van der Waals surface area contributed by atoms with Gasteiger partial charge in [-0.2, -0.15) is 30.5 Å². The summed E-state index contributed by atoms with van der Waals surface area (Å²) in [4.78, 5) is 6.25. The number of imidazole rings is 1. The number of aliphatic hydroxyl groups excluding tert-OH is 2. The molecule has 0 fully saturated rings. The van der Waals surface area contributed by atoms with Gasteiger partial charge in [-0.05, 0) is 60.8 Å². The highest BCUT2D eigenvalue weighted by molar-refractivity contribution is 7.86. The van der Waals surface area contributed by atoms with Crippen LogP contribution in [0, 0.1) is 18.3 Å². The number of hydrogen-bond acceptors (Lipinski definition) is 22. The van der Waals surface area contributed by atoms with Crippen LogP contribution in [0.2, 0.25) is 0 Å². The number of benzene rings is 5. The van der Waals surface area contributed by atoms with Crippen LogP contribution in [0.25, 0.3) is 37.7 Å². The molecule has 0 aliphatic rings. The molecular formula is C40H30N10O15S4. The van der Waals surface area contributed by atoms with Crippen LogP contribution >= 0.6 is 11.3 Å². The second-order valence-corrected chi connectivity index (χ2v) is 19.5. The largest absolute Gasteiger partial charge is 0.505 e. The van der Waals surface area contributed by atoms with Crippen LogP contribution < -0.4 is 9.47 Å². The molecule has 69 heavy (non-hydrogen) atoms. The van der Waals surface area contributed by atoms with Crippen LogP contribution in [0.4, 0.5) is 33.6 Å². The molecule has 0 aliphatic carbocycles. The summed E-state index contributed by atoms with van der Waals surface area (Å²) >= 11 is 0.914. The van der Waals surface area contributed by atoms with Crippen molar-refractivity contribution in [2.45, 2.75) is 21.6 Å². The molecule has 0 saturated carbocycles. The number of para-hydroxylation sites is 2. The number of rotatable bonds is 15. The van der Waals surface area contributed by atoms with Gasteiger partial charge < -0.3 is 29.9 Å². The molecule has 0 saturated heterocycles. The first-order valence-corrected chi connectivity index (χ1v) is 24.5. The first kappa shape index (κ1) is 47.8. The van der Waals surface area contributed by atoms with E-state index >= 15 is 0 Å². The van der Waals surface area contributed by atoms with E-state index in [9.17, 15) is 64.6 Å². The maximum atomic E-state index is 12.8. The Morgan fingerprint density at radius 3 is 1.93 bits per heavy atom. The number of azo groups is 3. The van der Waals surface area contributed by atoms with Gasteiger partial charge >= 0.3 is 0 Å². The van der Waals surface area contributed by atoms with E-state index < -0.39 is 81.7 Å². The molecule has 8 rings (SSSR count). The van der Waals surface area contributed by atoms with Crippen molar-refractivity contribution in [2.75, 3.05) is 26.4 Å². The van der Waals surface area contributed by atoms with E-state index in [1.807, 2.05) is 6.07 Å². The molecule has 3 aromatic heterocycles. The highest BCUT2D eigenvalue weighted by Gasteiger charge is 2.27. The Labute approximate surface area is 391 Å². The van der Waals surface area contributed by atoms with Crippen molar-refractivity contribution in [3.8, 4) is 29.2 Å². The average Bonchev–Trinajstić information content (AvgIpc) is 3.90. The Morgan fingerprint density at radius 1 is 0.696 bits per heavy atom. The van der Waals surface area contributed by atoms with E-state index in [1.165, 1.54) is 29.5 Å². The third-order valence-corrected chi connectivity index (χ3v) is 13.4. The zero-order chi connectivity index (χ0) is 49.6. The number of hydrogen-bond donors (Lipinski definition) is 7. The molecule has 3 heterocycles. The third-order valence-electron chi connectivity index (χ3n) is 9.88. The van der Waals surface area contributed by atoms with E-state index in [-0.39, 0.29) is 74.0 Å². The van der Waals surface area contributed by atoms with Crippen LogP contribution in [0.15, 0.2) is 118 Å². The average molecular weight is 1020 g/mol. The monoisotopic (exact) mass is 1020 g/mol. The normalized spacial score (nSPS) is 12.7. The number of pyridine rings is 1. The highest BCUT2D eigenvalue weighted by atomic mass is 32.2. The van der Waals surface area contributed by atoms with Gasteiger partial charge in [0.15, 0.2) is 17.1 Å². The number of aliphatic hydroxyl groups is 2.